The van der Waals surface area contributed by atoms with Crippen LogP contribution in [0, 0.1) is 0 Å². The van der Waals surface area contributed by atoms with Gasteiger partial charge in [-0.25, -0.2) is 4.98 Å². The predicted octanol–water partition coefficient (Wildman–Crippen LogP) is 1.61. The highest BCUT2D eigenvalue weighted by atomic mass is 15.1. The number of benzene rings is 1. The number of nitrogens with zero attached hydrogens (tertiary/aromatic N) is 2. The minimum atomic E-state index is 0.835. The normalized spacial score (nSPS) is 15.4. The average Bonchev–Trinajstić information content (AvgIpc) is 2.42. The number of nitrogens with one attached hydrogen (secondary N) is 1. The summed E-state index contributed by atoms with van der Waals surface area (Å²) in [6.45, 7) is 1.75. The van der Waals surface area contributed by atoms with Gasteiger partial charge in [-0.3, -0.25) is 0 Å². The zero-order valence-corrected chi connectivity index (χ0v) is 7.77. The maximum atomic E-state index is 4.56. The molecule has 0 bridgehead atoms. The molecular formula is C11H11N3. The Morgan fingerprint density at radius 2 is 2.21 bits per heavy atom. The van der Waals surface area contributed by atoms with Crippen molar-refractivity contribution in [1.82, 2.24) is 14.9 Å². The fourth-order valence-electron chi connectivity index (χ4n) is 1.81. The molecule has 0 spiro atoms. The van der Waals surface area contributed by atoms with Crippen LogP contribution < -0.4 is 5.32 Å². The van der Waals surface area contributed by atoms with Crippen molar-refractivity contribution in [2.24, 2.45) is 0 Å². The minimum absolute atomic E-state index is 0.835. The molecule has 1 N–H and O–H groups in total. The van der Waals surface area contributed by atoms with Gasteiger partial charge in [0.05, 0.1) is 17.6 Å². The number of para-hydroxylation sites is 2. The van der Waals surface area contributed by atoms with E-state index < -0.39 is 0 Å². The van der Waals surface area contributed by atoms with Crippen molar-refractivity contribution in [1.29, 1.82) is 0 Å². The smallest absolute Gasteiger partial charge is 0.127 e. The molecule has 0 radical (unpaired) electrons. The highest BCUT2D eigenvalue weighted by molar-refractivity contribution is 5.78. The maximum absolute atomic E-state index is 4.56. The molecule has 0 fully saturated rings. The molecule has 0 saturated carbocycles. The van der Waals surface area contributed by atoms with E-state index in [1.54, 1.807) is 0 Å². The third kappa shape index (κ3) is 1.06. The van der Waals surface area contributed by atoms with Crippen LogP contribution in [-0.4, -0.2) is 16.1 Å². The second kappa shape index (κ2) is 2.96. The molecule has 3 nitrogen and oxygen atoms in total. The first kappa shape index (κ1) is 7.76. The van der Waals surface area contributed by atoms with Crippen molar-refractivity contribution in [2.75, 3.05) is 6.54 Å². The second-order valence-corrected chi connectivity index (χ2v) is 3.40. The lowest BCUT2D eigenvalue weighted by Crippen LogP contribution is -2.12. The number of rotatable bonds is 0. The Hall–Kier alpha value is -1.61. The van der Waals surface area contributed by atoms with Crippen molar-refractivity contribution >= 4 is 17.2 Å². The van der Waals surface area contributed by atoms with E-state index >= 15 is 0 Å². The monoisotopic (exact) mass is 185 g/mol. The Morgan fingerprint density at radius 1 is 1.29 bits per heavy atom. The van der Waals surface area contributed by atoms with Crippen LogP contribution >= 0.6 is 0 Å². The van der Waals surface area contributed by atoms with Gasteiger partial charge in [0, 0.05) is 12.7 Å². The number of hydrogen-bond acceptors (Lipinski definition) is 2. The fraction of sp³-hybridized carbons (Fsp3) is 0.182. The number of hydrogen-bond donors (Lipinski definition) is 1. The van der Waals surface area contributed by atoms with E-state index in [1.165, 1.54) is 5.52 Å². The minimum Gasteiger partial charge on any atom is -0.306 e. The molecule has 0 unspecified atom stereocenters. The summed E-state index contributed by atoms with van der Waals surface area (Å²) >= 11 is 0. The summed E-state index contributed by atoms with van der Waals surface area (Å²) in [5, 5.41) is 3.29. The van der Waals surface area contributed by atoms with E-state index in [2.05, 4.69) is 33.2 Å². The first-order chi connectivity index (χ1) is 6.95. The van der Waals surface area contributed by atoms with Gasteiger partial charge in [-0.1, -0.05) is 18.2 Å². The topological polar surface area (TPSA) is 29.9 Å². The van der Waals surface area contributed by atoms with Gasteiger partial charge >= 0.3 is 0 Å². The highest BCUT2D eigenvalue weighted by Crippen LogP contribution is 2.17. The molecule has 0 amide bonds. The van der Waals surface area contributed by atoms with Crippen molar-refractivity contribution < 1.29 is 0 Å². The van der Waals surface area contributed by atoms with E-state index in [1.807, 2.05) is 18.2 Å². The fourth-order valence-corrected chi connectivity index (χ4v) is 1.81. The second-order valence-electron chi connectivity index (χ2n) is 3.40. The summed E-state index contributed by atoms with van der Waals surface area (Å²) in [7, 11) is 0. The first-order valence-corrected chi connectivity index (χ1v) is 4.78. The molecule has 3 heteroatoms. The van der Waals surface area contributed by atoms with Gasteiger partial charge in [0.25, 0.3) is 0 Å². The summed E-state index contributed by atoms with van der Waals surface area (Å²) in [5.74, 6) is 1.08. The Kier molecular flexibility index (Phi) is 1.64. The van der Waals surface area contributed by atoms with E-state index in [9.17, 15) is 0 Å². The molecular weight excluding hydrogens is 174 g/mol. The lowest BCUT2D eigenvalue weighted by atomic mass is 10.3. The molecule has 1 aliphatic rings. The molecule has 0 atom stereocenters. The van der Waals surface area contributed by atoms with Crippen LogP contribution in [0.3, 0.4) is 0 Å². The number of aromatic nitrogens is 2. The van der Waals surface area contributed by atoms with Crippen molar-refractivity contribution in [3.05, 3.63) is 36.2 Å². The van der Waals surface area contributed by atoms with Crippen molar-refractivity contribution in [2.45, 2.75) is 6.54 Å². The average molecular weight is 185 g/mol. The van der Waals surface area contributed by atoms with Crippen LogP contribution in [0.5, 0.6) is 0 Å². The molecule has 1 aromatic carbocycles. The van der Waals surface area contributed by atoms with E-state index in [0.717, 1.165) is 24.4 Å². The predicted molar refractivity (Wildman–Crippen MR) is 56.8 cm³/mol. The van der Waals surface area contributed by atoms with Gasteiger partial charge in [-0.2, -0.15) is 0 Å². The van der Waals surface area contributed by atoms with E-state index in [4.69, 9.17) is 0 Å². The van der Waals surface area contributed by atoms with Crippen LogP contribution in [0.2, 0.25) is 0 Å². The van der Waals surface area contributed by atoms with Crippen LogP contribution in [0.15, 0.2) is 30.3 Å². The van der Waals surface area contributed by atoms with Gasteiger partial charge in [0.1, 0.15) is 5.82 Å². The van der Waals surface area contributed by atoms with Gasteiger partial charge in [-0.05, 0) is 12.1 Å². The summed E-state index contributed by atoms with van der Waals surface area (Å²) in [6, 6.07) is 8.21. The number of imidazole rings is 1. The molecule has 2 aromatic rings. The molecule has 0 aliphatic carbocycles. The Balaban J connectivity index is 2.34. The van der Waals surface area contributed by atoms with Crippen LogP contribution in [0.1, 0.15) is 5.82 Å². The standard InChI is InChI=1S/C11H11N3/c1-2-5-10-9(4-1)13-11-8-12-6-3-7-14(10)11/h1-5,7,12H,6,8H2. The number of fused-ring (bicyclic) bond motifs is 3. The lowest BCUT2D eigenvalue weighted by Gasteiger charge is -1.98. The largest absolute Gasteiger partial charge is 0.306 e. The van der Waals surface area contributed by atoms with Crippen molar-refractivity contribution in [3.63, 3.8) is 0 Å². The SMILES string of the molecule is C1=Cn2c(nc3ccccc32)CNC1. The van der Waals surface area contributed by atoms with Gasteiger partial charge in [0.15, 0.2) is 0 Å². The first-order valence-electron chi connectivity index (χ1n) is 4.78. The molecule has 70 valence electrons. The third-order valence-electron chi connectivity index (χ3n) is 2.47. The zero-order valence-electron chi connectivity index (χ0n) is 7.77. The Labute approximate surface area is 82.1 Å². The lowest BCUT2D eigenvalue weighted by molar-refractivity contribution is 0.728. The van der Waals surface area contributed by atoms with Gasteiger partial charge < -0.3 is 9.88 Å². The van der Waals surface area contributed by atoms with Crippen molar-refractivity contribution in [3.8, 4) is 0 Å². The van der Waals surface area contributed by atoms with Gasteiger partial charge in [0.2, 0.25) is 0 Å². The van der Waals surface area contributed by atoms with Crippen LogP contribution in [0.25, 0.3) is 17.2 Å². The van der Waals surface area contributed by atoms with Gasteiger partial charge in [-0.15, -0.1) is 0 Å². The van der Waals surface area contributed by atoms with E-state index in [-0.39, 0.29) is 0 Å². The maximum Gasteiger partial charge on any atom is 0.127 e. The van der Waals surface area contributed by atoms with E-state index in [0.29, 0.717) is 0 Å². The van der Waals surface area contributed by atoms with Crippen LogP contribution in [0.4, 0.5) is 0 Å². The molecule has 14 heavy (non-hydrogen) atoms. The highest BCUT2D eigenvalue weighted by Gasteiger charge is 2.08. The summed E-state index contributed by atoms with van der Waals surface area (Å²) in [5.41, 5.74) is 2.25. The molecule has 1 aliphatic heterocycles. The summed E-state index contributed by atoms with van der Waals surface area (Å²) < 4.78 is 2.15. The molecule has 1 aromatic heterocycles. The third-order valence-corrected chi connectivity index (χ3v) is 2.47. The Morgan fingerprint density at radius 3 is 3.21 bits per heavy atom. The Bertz CT molecular complexity index is 496. The molecule has 2 heterocycles. The zero-order chi connectivity index (χ0) is 9.38. The molecule has 3 rings (SSSR count). The summed E-state index contributed by atoms with van der Waals surface area (Å²) in [6.07, 6.45) is 4.20. The quantitative estimate of drug-likeness (QED) is 0.675. The summed E-state index contributed by atoms with van der Waals surface area (Å²) in [4.78, 5) is 4.56. The van der Waals surface area contributed by atoms with Crippen LogP contribution in [-0.2, 0) is 6.54 Å². The molecule has 0 saturated heterocycles.